The summed E-state index contributed by atoms with van der Waals surface area (Å²) in [5.41, 5.74) is 1.03. The van der Waals surface area contributed by atoms with E-state index in [1.165, 1.54) is 12.1 Å². The molecule has 12 heteroatoms. The predicted molar refractivity (Wildman–Crippen MR) is 118 cm³/mol. The number of benzene rings is 3. The zero-order chi connectivity index (χ0) is 23.9. The quantitative estimate of drug-likeness (QED) is 0.243. The van der Waals surface area contributed by atoms with Crippen molar-refractivity contribution >= 4 is 45.5 Å². The van der Waals surface area contributed by atoms with E-state index in [-0.39, 0.29) is 39.0 Å². The molecule has 33 heavy (non-hydrogen) atoms. The standard InChI is InChI=1S/C21H13Cl2F4N3O2S/c22-15-5-10(11-1-2-12(17(24)6-11)9-28-33(31)32)3-4-14(15)20-29-18-8-13(21(25,26)27)7-16(23)19(18)30-20/h1-8,28H,9H2,(H,29,30)(H,31,32)/p-1. The second-order valence-electron chi connectivity index (χ2n) is 6.99. The molecule has 0 aliphatic rings. The minimum atomic E-state index is -4.56. The molecular formula is C21H12Cl2F4N3O2S-. The zero-order valence-electron chi connectivity index (χ0n) is 16.3. The lowest BCUT2D eigenvalue weighted by molar-refractivity contribution is -0.137. The van der Waals surface area contributed by atoms with Gasteiger partial charge in [-0.2, -0.15) is 13.2 Å². The molecule has 0 aliphatic heterocycles. The van der Waals surface area contributed by atoms with Crippen LogP contribution in [0, 0.1) is 5.82 Å². The highest BCUT2D eigenvalue weighted by Gasteiger charge is 2.32. The molecule has 4 aromatic rings. The maximum absolute atomic E-state index is 14.3. The van der Waals surface area contributed by atoms with Crippen molar-refractivity contribution in [2.45, 2.75) is 12.7 Å². The number of nitrogens with one attached hydrogen (secondary N) is 2. The number of aromatic nitrogens is 2. The second kappa shape index (κ2) is 9.03. The molecule has 0 amide bonds. The fraction of sp³-hybridized carbons (Fsp3) is 0.0952. The number of fused-ring (bicyclic) bond motifs is 1. The van der Waals surface area contributed by atoms with Gasteiger partial charge in [0.15, 0.2) is 0 Å². The average molecular weight is 517 g/mol. The van der Waals surface area contributed by atoms with Crippen LogP contribution in [0.5, 0.6) is 0 Å². The van der Waals surface area contributed by atoms with Gasteiger partial charge in [0.25, 0.3) is 0 Å². The molecule has 2 N–H and O–H groups in total. The van der Waals surface area contributed by atoms with E-state index in [0.717, 1.165) is 12.1 Å². The monoisotopic (exact) mass is 516 g/mol. The summed E-state index contributed by atoms with van der Waals surface area (Å²) in [6.07, 6.45) is -4.56. The summed E-state index contributed by atoms with van der Waals surface area (Å²) < 4.78 is 76.7. The average Bonchev–Trinajstić information content (AvgIpc) is 3.16. The van der Waals surface area contributed by atoms with Crippen LogP contribution in [0.25, 0.3) is 33.5 Å². The maximum Gasteiger partial charge on any atom is 0.416 e. The van der Waals surface area contributed by atoms with Crippen molar-refractivity contribution in [1.29, 1.82) is 0 Å². The molecule has 3 aromatic carbocycles. The smallest absolute Gasteiger partial charge is 0.416 e. The summed E-state index contributed by atoms with van der Waals surface area (Å²) in [6.45, 7) is -0.188. The highest BCUT2D eigenvalue weighted by Crippen LogP contribution is 2.37. The number of hydrogen-bond acceptors (Lipinski definition) is 3. The van der Waals surface area contributed by atoms with E-state index in [1.807, 2.05) is 0 Å². The van der Waals surface area contributed by atoms with Gasteiger partial charge in [-0.1, -0.05) is 41.4 Å². The minimum absolute atomic E-state index is 0.107. The Balaban J connectivity index is 1.67. The Morgan fingerprint density at radius 1 is 1.03 bits per heavy atom. The fourth-order valence-electron chi connectivity index (χ4n) is 3.26. The molecule has 0 bridgehead atoms. The normalized spacial score (nSPS) is 12.9. The fourth-order valence-corrected chi connectivity index (χ4v) is 4.07. The Kier molecular flexibility index (Phi) is 6.47. The van der Waals surface area contributed by atoms with Gasteiger partial charge in [-0.15, -0.1) is 0 Å². The van der Waals surface area contributed by atoms with Gasteiger partial charge in [-0.3, -0.25) is 4.21 Å². The molecular weight excluding hydrogens is 505 g/mol. The van der Waals surface area contributed by atoms with E-state index < -0.39 is 28.8 Å². The van der Waals surface area contributed by atoms with Gasteiger partial charge < -0.3 is 9.54 Å². The molecule has 0 radical (unpaired) electrons. The van der Waals surface area contributed by atoms with Gasteiger partial charge in [0.2, 0.25) is 0 Å². The van der Waals surface area contributed by atoms with Crippen LogP contribution in [0.15, 0.2) is 48.5 Å². The van der Waals surface area contributed by atoms with Crippen molar-refractivity contribution in [1.82, 2.24) is 14.7 Å². The Morgan fingerprint density at radius 3 is 2.36 bits per heavy atom. The van der Waals surface area contributed by atoms with Gasteiger partial charge in [0, 0.05) is 28.9 Å². The molecule has 1 heterocycles. The molecule has 5 nitrogen and oxygen atoms in total. The minimum Gasteiger partial charge on any atom is -0.760 e. The van der Waals surface area contributed by atoms with Crippen LogP contribution < -0.4 is 4.72 Å². The largest absolute Gasteiger partial charge is 0.760 e. The lowest BCUT2D eigenvalue weighted by Gasteiger charge is -2.10. The van der Waals surface area contributed by atoms with Crippen molar-refractivity contribution in [3.05, 3.63) is 75.5 Å². The van der Waals surface area contributed by atoms with Gasteiger partial charge in [-0.25, -0.2) is 14.1 Å². The number of halogens is 6. The highest BCUT2D eigenvalue weighted by atomic mass is 35.5. The molecule has 1 aromatic heterocycles. The maximum atomic E-state index is 14.3. The van der Waals surface area contributed by atoms with E-state index in [9.17, 15) is 26.3 Å². The third-order valence-corrected chi connectivity index (χ3v) is 5.84. The molecule has 172 valence electrons. The first-order valence-electron chi connectivity index (χ1n) is 9.21. The van der Waals surface area contributed by atoms with Crippen LogP contribution in [0.1, 0.15) is 11.1 Å². The van der Waals surface area contributed by atoms with Gasteiger partial charge >= 0.3 is 6.18 Å². The van der Waals surface area contributed by atoms with Gasteiger partial charge in [-0.05, 0) is 41.5 Å². The molecule has 0 saturated heterocycles. The van der Waals surface area contributed by atoms with Crippen molar-refractivity contribution in [3.63, 3.8) is 0 Å². The summed E-state index contributed by atoms with van der Waals surface area (Å²) in [6, 6.07) is 10.8. The molecule has 0 spiro atoms. The third kappa shape index (κ3) is 5.04. The summed E-state index contributed by atoms with van der Waals surface area (Å²) in [4.78, 5) is 7.08. The number of alkyl halides is 3. The Bertz CT molecular complexity index is 1390. The van der Waals surface area contributed by atoms with Gasteiger partial charge in [0.1, 0.15) is 17.2 Å². The summed E-state index contributed by atoms with van der Waals surface area (Å²) in [5, 5.41) is 0.0764. The number of hydrogen-bond donors (Lipinski definition) is 2. The van der Waals surface area contributed by atoms with Crippen molar-refractivity contribution in [2.24, 2.45) is 0 Å². The van der Waals surface area contributed by atoms with E-state index in [0.29, 0.717) is 16.7 Å². The van der Waals surface area contributed by atoms with Crippen molar-refractivity contribution < 1.29 is 26.3 Å². The first kappa shape index (κ1) is 23.7. The first-order chi connectivity index (χ1) is 15.5. The van der Waals surface area contributed by atoms with E-state index in [4.69, 9.17) is 23.2 Å². The lowest BCUT2D eigenvalue weighted by Crippen LogP contribution is -2.16. The molecule has 0 fully saturated rings. The zero-order valence-corrected chi connectivity index (χ0v) is 18.6. The number of rotatable bonds is 5. The number of nitrogens with zero attached hydrogens (tertiary/aromatic N) is 1. The number of aromatic amines is 1. The van der Waals surface area contributed by atoms with E-state index in [2.05, 4.69) is 14.7 Å². The lowest BCUT2D eigenvalue weighted by atomic mass is 10.0. The van der Waals surface area contributed by atoms with E-state index >= 15 is 0 Å². The number of imidazole rings is 1. The topological polar surface area (TPSA) is 80.8 Å². The summed E-state index contributed by atoms with van der Waals surface area (Å²) in [5.74, 6) is -0.376. The van der Waals surface area contributed by atoms with E-state index in [1.54, 1.807) is 24.3 Å². The van der Waals surface area contributed by atoms with Crippen LogP contribution in [-0.2, 0) is 24.0 Å². The van der Waals surface area contributed by atoms with Crippen LogP contribution in [0.4, 0.5) is 17.6 Å². The Hall–Kier alpha value is -2.50. The second-order valence-corrected chi connectivity index (χ2v) is 8.57. The number of H-pyrrole nitrogens is 1. The van der Waals surface area contributed by atoms with Gasteiger partial charge in [0.05, 0.1) is 21.1 Å². The predicted octanol–water partition coefficient (Wildman–Crippen LogP) is 6.25. The van der Waals surface area contributed by atoms with Crippen LogP contribution >= 0.6 is 23.2 Å². The SMILES string of the molecule is O=S([O-])NCc1ccc(-c2ccc(-c3nc4c(Cl)cc(C(F)(F)F)cc4[nH]3)c(Cl)c2)cc1F. The molecule has 1 unspecified atom stereocenters. The molecule has 1 atom stereocenters. The van der Waals surface area contributed by atoms with Crippen molar-refractivity contribution in [2.75, 3.05) is 0 Å². The Morgan fingerprint density at radius 2 is 1.73 bits per heavy atom. The Labute approximate surface area is 197 Å². The molecule has 0 aliphatic carbocycles. The van der Waals surface area contributed by atoms with Crippen LogP contribution in [0.3, 0.4) is 0 Å². The third-order valence-electron chi connectivity index (χ3n) is 4.86. The summed E-state index contributed by atoms with van der Waals surface area (Å²) in [7, 11) is 0. The van der Waals surface area contributed by atoms with Crippen LogP contribution in [0.2, 0.25) is 10.0 Å². The molecule has 0 saturated carbocycles. The first-order valence-corrected chi connectivity index (χ1v) is 11.0. The molecule has 4 rings (SSSR count). The highest BCUT2D eigenvalue weighted by molar-refractivity contribution is 7.77. The van der Waals surface area contributed by atoms with Crippen LogP contribution in [-0.4, -0.2) is 18.7 Å². The summed E-state index contributed by atoms with van der Waals surface area (Å²) >= 11 is 9.88. The van der Waals surface area contributed by atoms with Crippen molar-refractivity contribution in [3.8, 4) is 22.5 Å².